The second-order valence-corrected chi connectivity index (χ2v) is 5.83. The molecule has 22 heavy (non-hydrogen) atoms. The van der Waals surface area contributed by atoms with Gasteiger partial charge in [0.15, 0.2) is 17.5 Å². The summed E-state index contributed by atoms with van der Waals surface area (Å²) < 4.78 is 40.6. The fourth-order valence-electron chi connectivity index (χ4n) is 2.02. The zero-order chi connectivity index (χ0) is 15.9. The summed E-state index contributed by atoms with van der Waals surface area (Å²) in [5, 5.41) is 3.32. The number of hydrogen-bond acceptors (Lipinski definition) is 3. The first-order chi connectivity index (χ1) is 10.5. The molecule has 0 unspecified atom stereocenters. The van der Waals surface area contributed by atoms with Crippen LogP contribution in [0.4, 0.5) is 18.9 Å². The van der Waals surface area contributed by atoms with Crippen molar-refractivity contribution in [3.63, 3.8) is 0 Å². The Hall–Kier alpha value is -2.41. The van der Waals surface area contributed by atoms with Crippen LogP contribution in [0, 0.1) is 24.4 Å². The topological polar surface area (TPSA) is 42.0 Å². The van der Waals surface area contributed by atoms with Crippen LogP contribution in [-0.2, 0) is 0 Å². The van der Waals surface area contributed by atoms with Gasteiger partial charge >= 0.3 is 0 Å². The van der Waals surface area contributed by atoms with Crippen molar-refractivity contribution in [2.45, 2.75) is 6.92 Å². The van der Waals surface area contributed by atoms with Gasteiger partial charge in [-0.05, 0) is 37.3 Å². The summed E-state index contributed by atoms with van der Waals surface area (Å²) in [6, 6.07) is 6.65. The molecule has 112 valence electrons. The maximum atomic E-state index is 13.6. The normalized spacial score (nSPS) is 10.9. The van der Waals surface area contributed by atoms with Gasteiger partial charge in [0.05, 0.1) is 20.8 Å². The minimum Gasteiger partial charge on any atom is -0.322 e. The number of nitrogens with one attached hydrogen (secondary N) is 1. The van der Waals surface area contributed by atoms with Crippen LogP contribution in [0.2, 0.25) is 0 Å². The highest BCUT2D eigenvalue weighted by Gasteiger charge is 2.19. The lowest BCUT2D eigenvalue weighted by atomic mass is 10.1. The molecule has 0 radical (unpaired) electrons. The van der Waals surface area contributed by atoms with Crippen molar-refractivity contribution < 1.29 is 18.0 Å². The highest BCUT2D eigenvalue weighted by atomic mass is 32.1. The highest BCUT2D eigenvalue weighted by Crippen LogP contribution is 2.25. The van der Waals surface area contributed by atoms with E-state index in [1.165, 1.54) is 11.3 Å². The van der Waals surface area contributed by atoms with Crippen LogP contribution in [0.5, 0.6) is 0 Å². The van der Waals surface area contributed by atoms with Gasteiger partial charge in [0, 0.05) is 5.69 Å². The van der Waals surface area contributed by atoms with Gasteiger partial charge < -0.3 is 5.32 Å². The van der Waals surface area contributed by atoms with E-state index in [2.05, 4.69) is 10.3 Å². The fraction of sp³-hybridized carbons (Fsp3) is 0.0667. The summed E-state index contributed by atoms with van der Waals surface area (Å²) >= 11 is 1.51. The summed E-state index contributed by atoms with van der Waals surface area (Å²) in [6.45, 7) is 1.86. The van der Waals surface area contributed by atoms with Gasteiger partial charge in [0.2, 0.25) is 0 Å². The van der Waals surface area contributed by atoms with E-state index in [0.717, 1.165) is 15.8 Å². The molecule has 2 aromatic carbocycles. The second-order valence-electron chi connectivity index (χ2n) is 4.59. The smallest absolute Gasteiger partial charge is 0.258 e. The maximum absolute atomic E-state index is 13.6. The predicted octanol–water partition coefficient (Wildman–Crippen LogP) is 4.27. The number of hydrogen-bond donors (Lipinski definition) is 1. The van der Waals surface area contributed by atoms with Crippen LogP contribution in [0.1, 0.15) is 15.4 Å². The van der Waals surface area contributed by atoms with Crippen LogP contribution in [0.3, 0.4) is 0 Å². The zero-order valence-electron chi connectivity index (χ0n) is 11.3. The molecule has 0 aliphatic rings. The first-order valence-electron chi connectivity index (χ1n) is 6.28. The number of aryl methyl sites for hydroxylation is 1. The Balaban J connectivity index is 1.91. The van der Waals surface area contributed by atoms with E-state index >= 15 is 0 Å². The standard InChI is InChI=1S/C15H9F3N2OS/c1-7-19-11-6-8(2-5-12(11)22-7)20-15(21)9-3-4-10(16)14(18)13(9)17/h2-6H,1H3,(H,20,21). The summed E-state index contributed by atoms with van der Waals surface area (Å²) in [5.41, 5.74) is 0.534. The van der Waals surface area contributed by atoms with Gasteiger partial charge in [-0.3, -0.25) is 4.79 Å². The lowest BCUT2D eigenvalue weighted by Gasteiger charge is -2.07. The van der Waals surface area contributed by atoms with Gasteiger partial charge in [0.25, 0.3) is 5.91 Å². The lowest BCUT2D eigenvalue weighted by molar-refractivity contribution is 0.102. The first-order valence-corrected chi connectivity index (χ1v) is 7.09. The predicted molar refractivity (Wildman–Crippen MR) is 78.6 cm³/mol. The molecule has 3 aromatic rings. The van der Waals surface area contributed by atoms with Crippen LogP contribution >= 0.6 is 11.3 Å². The summed E-state index contributed by atoms with van der Waals surface area (Å²) in [4.78, 5) is 16.3. The van der Waals surface area contributed by atoms with E-state index in [1.54, 1.807) is 18.2 Å². The minimum atomic E-state index is -1.67. The number of amides is 1. The number of nitrogens with zero attached hydrogens (tertiary/aromatic N) is 1. The number of rotatable bonds is 2. The van der Waals surface area contributed by atoms with Gasteiger partial charge in [0.1, 0.15) is 0 Å². The number of carbonyl (C=O) groups is 1. The summed E-state index contributed by atoms with van der Waals surface area (Å²) in [6.07, 6.45) is 0. The van der Waals surface area contributed by atoms with Crippen molar-refractivity contribution >= 4 is 33.1 Å². The van der Waals surface area contributed by atoms with E-state index in [1.807, 2.05) is 6.92 Å². The second kappa shape index (κ2) is 5.42. The van der Waals surface area contributed by atoms with Gasteiger partial charge in [-0.25, -0.2) is 18.2 Å². The summed E-state index contributed by atoms with van der Waals surface area (Å²) in [5.74, 6) is -5.38. The van der Waals surface area contributed by atoms with Crippen molar-refractivity contribution in [2.24, 2.45) is 0 Å². The van der Waals surface area contributed by atoms with E-state index in [-0.39, 0.29) is 0 Å². The molecule has 0 atom stereocenters. The van der Waals surface area contributed by atoms with Crippen molar-refractivity contribution in [1.82, 2.24) is 4.98 Å². The van der Waals surface area contributed by atoms with Crippen LogP contribution in [0.25, 0.3) is 10.2 Å². The molecule has 0 fully saturated rings. The summed E-state index contributed by atoms with van der Waals surface area (Å²) in [7, 11) is 0. The highest BCUT2D eigenvalue weighted by molar-refractivity contribution is 7.18. The van der Waals surface area contributed by atoms with Crippen LogP contribution in [-0.4, -0.2) is 10.9 Å². The molecule has 0 bridgehead atoms. The van der Waals surface area contributed by atoms with Crippen molar-refractivity contribution in [3.8, 4) is 0 Å². The molecule has 1 amide bonds. The van der Waals surface area contributed by atoms with Crippen molar-refractivity contribution in [1.29, 1.82) is 0 Å². The third-order valence-corrected chi connectivity index (χ3v) is 3.98. The minimum absolute atomic E-state index is 0.395. The molecule has 7 heteroatoms. The molecule has 1 N–H and O–H groups in total. The first kappa shape index (κ1) is 14.5. The number of benzene rings is 2. The largest absolute Gasteiger partial charge is 0.322 e. The number of halogens is 3. The Morgan fingerprint density at radius 1 is 1.14 bits per heavy atom. The van der Waals surface area contributed by atoms with Crippen molar-refractivity contribution in [3.05, 3.63) is 58.4 Å². The average Bonchev–Trinajstić information content (AvgIpc) is 2.84. The number of fused-ring (bicyclic) bond motifs is 1. The Morgan fingerprint density at radius 2 is 1.91 bits per heavy atom. The van der Waals surface area contributed by atoms with E-state index < -0.39 is 28.9 Å². The molecule has 3 rings (SSSR count). The molecule has 0 saturated heterocycles. The molecule has 0 saturated carbocycles. The molecular weight excluding hydrogens is 313 g/mol. The van der Waals surface area contributed by atoms with Crippen LogP contribution in [0.15, 0.2) is 30.3 Å². The van der Waals surface area contributed by atoms with E-state index in [0.29, 0.717) is 17.3 Å². The Bertz CT molecular complexity index is 892. The third kappa shape index (κ3) is 2.55. The van der Waals surface area contributed by atoms with Gasteiger partial charge in [-0.15, -0.1) is 11.3 Å². The maximum Gasteiger partial charge on any atom is 0.258 e. The molecule has 3 nitrogen and oxygen atoms in total. The van der Waals surface area contributed by atoms with Crippen LogP contribution < -0.4 is 5.32 Å². The fourth-order valence-corrected chi connectivity index (χ4v) is 2.83. The SMILES string of the molecule is Cc1nc2cc(NC(=O)c3ccc(F)c(F)c3F)ccc2s1. The van der Waals surface area contributed by atoms with E-state index in [4.69, 9.17) is 0 Å². The number of thiazole rings is 1. The molecule has 0 spiro atoms. The van der Waals surface area contributed by atoms with Crippen molar-refractivity contribution in [2.75, 3.05) is 5.32 Å². The molecular formula is C15H9F3N2OS. The molecule has 1 aromatic heterocycles. The van der Waals surface area contributed by atoms with Gasteiger partial charge in [-0.1, -0.05) is 0 Å². The van der Waals surface area contributed by atoms with Gasteiger partial charge in [-0.2, -0.15) is 0 Å². The monoisotopic (exact) mass is 322 g/mol. The lowest BCUT2D eigenvalue weighted by Crippen LogP contribution is -2.15. The van der Waals surface area contributed by atoms with E-state index in [9.17, 15) is 18.0 Å². The Kier molecular flexibility index (Phi) is 3.58. The molecule has 0 aliphatic carbocycles. The molecule has 1 heterocycles. The number of aromatic nitrogens is 1. The average molecular weight is 322 g/mol. The zero-order valence-corrected chi connectivity index (χ0v) is 12.1. The molecule has 0 aliphatic heterocycles. The third-order valence-electron chi connectivity index (χ3n) is 3.03. The number of anilines is 1. The Labute approximate surface area is 127 Å². The number of carbonyl (C=O) groups excluding carboxylic acids is 1. The quantitative estimate of drug-likeness (QED) is 0.716. The Morgan fingerprint density at radius 3 is 2.68 bits per heavy atom.